The van der Waals surface area contributed by atoms with E-state index < -0.39 is 0 Å². The summed E-state index contributed by atoms with van der Waals surface area (Å²) < 4.78 is 3.45. The predicted octanol–water partition coefficient (Wildman–Crippen LogP) is 8.88. The van der Waals surface area contributed by atoms with Gasteiger partial charge in [-0.1, -0.05) is 101 Å². The first-order chi connectivity index (χ1) is 15.8. The van der Waals surface area contributed by atoms with Gasteiger partial charge in [-0.15, -0.1) is 0 Å². The van der Waals surface area contributed by atoms with Gasteiger partial charge in [0.25, 0.3) is 0 Å². The van der Waals surface area contributed by atoms with Gasteiger partial charge in [-0.25, -0.2) is 0 Å². The van der Waals surface area contributed by atoms with E-state index in [1.165, 1.54) is 49.7 Å². The Bertz CT molecular complexity index is 1510. The average molecular weight is 474 g/mol. The molecule has 0 saturated heterocycles. The highest BCUT2D eigenvalue weighted by atomic mass is 79.9. The highest BCUT2D eigenvalue weighted by Crippen LogP contribution is 2.35. The summed E-state index contributed by atoms with van der Waals surface area (Å²) in [6.07, 6.45) is 0. The van der Waals surface area contributed by atoms with E-state index in [2.05, 4.69) is 142 Å². The van der Waals surface area contributed by atoms with Crippen LogP contribution in [0, 0.1) is 0 Å². The van der Waals surface area contributed by atoms with Crippen LogP contribution < -0.4 is 0 Å². The molecule has 6 rings (SSSR count). The second-order valence-corrected chi connectivity index (χ2v) is 8.83. The van der Waals surface area contributed by atoms with Crippen molar-refractivity contribution < 1.29 is 0 Å². The largest absolute Gasteiger partial charge is 0.309 e. The highest BCUT2D eigenvalue weighted by Gasteiger charge is 2.12. The molecule has 0 bridgehead atoms. The maximum absolute atomic E-state index is 3.76. The molecule has 0 unspecified atom stereocenters. The van der Waals surface area contributed by atoms with Gasteiger partial charge in [-0.3, -0.25) is 0 Å². The Morgan fingerprint density at radius 2 is 1.03 bits per heavy atom. The Balaban J connectivity index is 1.47. The van der Waals surface area contributed by atoms with E-state index in [0.29, 0.717) is 0 Å². The summed E-state index contributed by atoms with van der Waals surface area (Å²) in [6.45, 7) is 0. The van der Waals surface area contributed by atoms with Gasteiger partial charge in [0.2, 0.25) is 0 Å². The lowest BCUT2D eigenvalue weighted by Crippen LogP contribution is -1.93. The van der Waals surface area contributed by atoms with Gasteiger partial charge >= 0.3 is 0 Å². The third-order valence-electron chi connectivity index (χ3n) is 6.09. The van der Waals surface area contributed by atoms with Crippen molar-refractivity contribution in [1.29, 1.82) is 0 Å². The van der Waals surface area contributed by atoms with Crippen LogP contribution in [0.1, 0.15) is 0 Å². The molecule has 6 aromatic rings. The Labute approximate surface area is 195 Å². The molecule has 0 spiro atoms. The lowest BCUT2D eigenvalue weighted by atomic mass is 9.99. The number of hydrogen-bond acceptors (Lipinski definition) is 0. The molecular formula is C30H20BrN. The maximum Gasteiger partial charge on any atom is 0.0541 e. The van der Waals surface area contributed by atoms with Crippen molar-refractivity contribution in [3.63, 3.8) is 0 Å². The molecule has 0 N–H and O–H groups in total. The number of rotatable bonds is 3. The molecule has 1 aromatic heterocycles. The van der Waals surface area contributed by atoms with E-state index in [0.717, 1.165) is 4.47 Å². The van der Waals surface area contributed by atoms with Crippen molar-refractivity contribution in [3.8, 4) is 27.9 Å². The van der Waals surface area contributed by atoms with Crippen LogP contribution in [0.3, 0.4) is 0 Å². The molecule has 5 aromatic carbocycles. The van der Waals surface area contributed by atoms with Crippen molar-refractivity contribution in [2.45, 2.75) is 0 Å². The number of aromatic nitrogens is 1. The van der Waals surface area contributed by atoms with Gasteiger partial charge in [0, 0.05) is 20.9 Å². The van der Waals surface area contributed by atoms with Crippen LogP contribution in [0.5, 0.6) is 0 Å². The molecule has 0 fully saturated rings. The minimum absolute atomic E-state index is 1.10. The molecule has 0 atom stereocenters. The predicted molar refractivity (Wildman–Crippen MR) is 139 cm³/mol. The van der Waals surface area contributed by atoms with Crippen LogP contribution in [0.25, 0.3) is 49.7 Å². The van der Waals surface area contributed by atoms with Crippen molar-refractivity contribution in [3.05, 3.63) is 126 Å². The number of nitrogens with zero attached hydrogens (tertiary/aromatic N) is 1. The molecule has 0 aliphatic heterocycles. The average Bonchev–Trinajstić information content (AvgIpc) is 3.20. The Morgan fingerprint density at radius 1 is 0.469 bits per heavy atom. The monoisotopic (exact) mass is 473 g/mol. The van der Waals surface area contributed by atoms with Crippen LogP contribution >= 0.6 is 15.9 Å². The smallest absolute Gasteiger partial charge is 0.0541 e. The molecule has 1 heterocycles. The van der Waals surface area contributed by atoms with Gasteiger partial charge in [0.05, 0.1) is 11.0 Å². The van der Waals surface area contributed by atoms with Crippen LogP contribution in [0.2, 0.25) is 0 Å². The Kier molecular flexibility index (Phi) is 4.66. The molecule has 0 amide bonds. The molecule has 2 heteroatoms. The minimum atomic E-state index is 1.10. The topological polar surface area (TPSA) is 4.93 Å². The first-order valence-corrected chi connectivity index (χ1v) is 11.5. The van der Waals surface area contributed by atoms with Crippen molar-refractivity contribution >= 4 is 37.7 Å². The van der Waals surface area contributed by atoms with E-state index in [4.69, 9.17) is 0 Å². The van der Waals surface area contributed by atoms with E-state index >= 15 is 0 Å². The standard InChI is InChI=1S/C30H20BrN/c31-28-19-16-23(21-8-2-1-3-9-21)20-27(28)22-14-17-24(18-15-22)32-29-12-6-4-10-25(29)26-11-5-7-13-30(26)32/h1-20H. The van der Waals surface area contributed by atoms with Gasteiger partial charge in [0.15, 0.2) is 0 Å². The minimum Gasteiger partial charge on any atom is -0.309 e. The van der Waals surface area contributed by atoms with Crippen LogP contribution in [0.15, 0.2) is 126 Å². The zero-order valence-electron chi connectivity index (χ0n) is 17.4. The third-order valence-corrected chi connectivity index (χ3v) is 6.78. The molecule has 0 saturated carbocycles. The fourth-order valence-electron chi connectivity index (χ4n) is 4.55. The first kappa shape index (κ1) is 19.1. The van der Waals surface area contributed by atoms with Crippen LogP contribution in [0.4, 0.5) is 0 Å². The lowest BCUT2D eigenvalue weighted by molar-refractivity contribution is 1.18. The second kappa shape index (κ2) is 7.81. The number of hydrogen-bond donors (Lipinski definition) is 0. The summed E-state index contributed by atoms with van der Waals surface area (Å²) in [6, 6.07) is 43.2. The van der Waals surface area contributed by atoms with Crippen LogP contribution in [-0.4, -0.2) is 4.57 Å². The maximum atomic E-state index is 3.76. The molecule has 1 nitrogen and oxygen atoms in total. The molecule has 32 heavy (non-hydrogen) atoms. The van der Waals surface area contributed by atoms with Gasteiger partial charge in [-0.2, -0.15) is 0 Å². The first-order valence-electron chi connectivity index (χ1n) is 10.7. The zero-order valence-corrected chi connectivity index (χ0v) is 19.0. The summed E-state index contributed by atoms with van der Waals surface area (Å²) in [5.41, 5.74) is 8.46. The third kappa shape index (κ3) is 3.16. The van der Waals surface area contributed by atoms with E-state index in [-0.39, 0.29) is 0 Å². The zero-order chi connectivity index (χ0) is 21.5. The number of fused-ring (bicyclic) bond motifs is 3. The van der Waals surface area contributed by atoms with Gasteiger partial charge in [-0.05, 0) is 58.7 Å². The van der Waals surface area contributed by atoms with Crippen molar-refractivity contribution in [2.24, 2.45) is 0 Å². The summed E-state index contributed by atoms with van der Waals surface area (Å²) >= 11 is 3.76. The van der Waals surface area contributed by atoms with Gasteiger partial charge in [0.1, 0.15) is 0 Å². The molecule has 0 radical (unpaired) electrons. The summed E-state index contributed by atoms with van der Waals surface area (Å²) in [7, 11) is 0. The van der Waals surface area contributed by atoms with E-state index in [1.54, 1.807) is 0 Å². The number of halogens is 1. The Morgan fingerprint density at radius 3 is 1.69 bits per heavy atom. The fourth-order valence-corrected chi connectivity index (χ4v) is 5.02. The lowest BCUT2D eigenvalue weighted by Gasteiger charge is -2.11. The molecule has 0 aliphatic carbocycles. The number of para-hydroxylation sites is 2. The summed E-state index contributed by atoms with van der Waals surface area (Å²) in [5.74, 6) is 0. The SMILES string of the molecule is Brc1ccc(-c2ccccc2)cc1-c1ccc(-n2c3ccccc3c3ccccc32)cc1. The quantitative estimate of drug-likeness (QED) is 0.241. The fraction of sp³-hybridized carbons (Fsp3) is 0. The highest BCUT2D eigenvalue weighted by molar-refractivity contribution is 9.10. The molecule has 0 aliphatic rings. The van der Waals surface area contributed by atoms with Crippen molar-refractivity contribution in [1.82, 2.24) is 4.57 Å². The summed E-state index contributed by atoms with van der Waals surface area (Å²) in [4.78, 5) is 0. The van der Waals surface area contributed by atoms with E-state index in [1.807, 2.05) is 0 Å². The van der Waals surface area contributed by atoms with E-state index in [9.17, 15) is 0 Å². The van der Waals surface area contributed by atoms with Crippen LogP contribution in [-0.2, 0) is 0 Å². The molecule has 152 valence electrons. The van der Waals surface area contributed by atoms with Crippen molar-refractivity contribution in [2.75, 3.05) is 0 Å². The normalized spacial score (nSPS) is 11.3. The number of benzene rings is 5. The van der Waals surface area contributed by atoms with Gasteiger partial charge < -0.3 is 4.57 Å². The molecular weight excluding hydrogens is 454 g/mol. The summed E-state index contributed by atoms with van der Waals surface area (Å²) in [5, 5.41) is 2.57. The Hall–Kier alpha value is -3.62. The second-order valence-electron chi connectivity index (χ2n) is 7.98.